The lowest BCUT2D eigenvalue weighted by molar-refractivity contribution is -0.141. The van der Waals surface area contributed by atoms with E-state index < -0.39 is 60.4 Å². The van der Waals surface area contributed by atoms with Crippen molar-refractivity contribution in [1.82, 2.24) is 36.2 Å². The number of carboxylic acid groups (broad SMARTS) is 1. The molecular weight excluding hydrogens is 541 g/mol. The summed E-state index contributed by atoms with van der Waals surface area (Å²) in [7, 11) is 0. The summed E-state index contributed by atoms with van der Waals surface area (Å²) in [5.74, 6) is -4.48. The van der Waals surface area contributed by atoms with Gasteiger partial charge in [0, 0.05) is 22.5 Å². The second kappa shape index (κ2) is 11.9. The molecular formula is C23H25Cl2N7O6. The lowest BCUT2D eigenvalue weighted by Gasteiger charge is -2.28. The number of fused-ring (bicyclic) bond motifs is 1. The van der Waals surface area contributed by atoms with E-state index in [2.05, 4.69) is 31.4 Å². The number of hydrogen-bond donors (Lipinski definition) is 4. The number of hydrogen-bond acceptors (Lipinski definition) is 8. The Hall–Kier alpha value is -3.58. The normalized spacial score (nSPS) is 21.9. The van der Waals surface area contributed by atoms with Gasteiger partial charge < -0.3 is 21.1 Å². The average molecular weight is 566 g/mol. The molecule has 1 saturated heterocycles. The molecule has 13 nitrogen and oxygen atoms in total. The largest absolute Gasteiger partial charge is 0.481 e. The standard InChI is InChI=1S/C23H25Cl2N7O6/c24-13-5-3-6-14(25)12(13)8-18-29-31-32(30-18)10-17(33)16(9-19(34)35)27-23(38)20-22(37)26-15-7-2-1-4-11(15)21(36)28-20/h3,5-6,11,15-16,20H,1-2,4,7-10H2,(H,26,37)(H,27,38)(H,28,36)(H,34,35). The molecule has 4 atom stereocenters. The van der Waals surface area contributed by atoms with Gasteiger partial charge in [-0.25, -0.2) is 0 Å². The van der Waals surface area contributed by atoms with Crippen LogP contribution in [-0.4, -0.2) is 72.9 Å². The zero-order valence-electron chi connectivity index (χ0n) is 20.0. The number of rotatable bonds is 9. The number of tetrazole rings is 1. The van der Waals surface area contributed by atoms with Crippen LogP contribution in [0, 0.1) is 5.92 Å². The minimum atomic E-state index is -1.60. The van der Waals surface area contributed by atoms with Crippen molar-refractivity contribution in [2.45, 2.75) is 63.2 Å². The fourth-order valence-electron chi connectivity index (χ4n) is 4.58. The van der Waals surface area contributed by atoms with E-state index in [-0.39, 0.29) is 18.3 Å². The summed E-state index contributed by atoms with van der Waals surface area (Å²) in [6, 6.07) is 1.50. The minimum absolute atomic E-state index is 0.139. The van der Waals surface area contributed by atoms with Gasteiger partial charge in [0.2, 0.25) is 5.91 Å². The molecule has 2 aromatic rings. The lowest BCUT2D eigenvalue weighted by Crippen LogP contribution is -2.57. The molecule has 1 aliphatic carbocycles. The van der Waals surface area contributed by atoms with Crippen molar-refractivity contribution < 1.29 is 29.1 Å². The van der Waals surface area contributed by atoms with Gasteiger partial charge in [-0.3, -0.25) is 24.0 Å². The van der Waals surface area contributed by atoms with Gasteiger partial charge >= 0.3 is 5.97 Å². The Bertz CT molecular complexity index is 1250. The molecule has 3 amide bonds. The Balaban J connectivity index is 1.43. The summed E-state index contributed by atoms with van der Waals surface area (Å²) in [6.45, 7) is -0.505. The number of nitrogens with one attached hydrogen (secondary N) is 3. The minimum Gasteiger partial charge on any atom is -0.481 e. The van der Waals surface area contributed by atoms with Crippen molar-refractivity contribution in [3.05, 3.63) is 39.6 Å². The van der Waals surface area contributed by atoms with Crippen LogP contribution in [0.15, 0.2) is 18.2 Å². The molecule has 2 heterocycles. The molecule has 2 aliphatic rings. The Morgan fingerprint density at radius 3 is 2.53 bits per heavy atom. The molecule has 202 valence electrons. The fraction of sp³-hybridized carbons (Fsp3) is 0.478. The second-order valence-corrected chi connectivity index (χ2v) is 10.0. The van der Waals surface area contributed by atoms with Crippen LogP contribution in [0.3, 0.4) is 0 Å². The van der Waals surface area contributed by atoms with Gasteiger partial charge in [0.1, 0.15) is 12.6 Å². The van der Waals surface area contributed by atoms with E-state index in [1.165, 1.54) is 0 Å². The number of carbonyl (C=O) groups excluding carboxylic acids is 4. The first kappa shape index (κ1) is 27.5. The maximum absolute atomic E-state index is 12.9. The maximum Gasteiger partial charge on any atom is 0.305 e. The number of amides is 3. The summed E-state index contributed by atoms with van der Waals surface area (Å²) in [6.07, 6.45) is 2.27. The van der Waals surface area contributed by atoms with Crippen LogP contribution in [-0.2, 0) is 36.9 Å². The van der Waals surface area contributed by atoms with Crippen molar-refractivity contribution in [2.75, 3.05) is 0 Å². The zero-order chi connectivity index (χ0) is 27.4. The predicted octanol–water partition coefficient (Wildman–Crippen LogP) is 0.273. The first-order valence-electron chi connectivity index (χ1n) is 12.0. The lowest BCUT2D eigenvalue weighted by atomic mass is 9.84. The Kier molecular flexibility index (Phi) is 8.57. The van der Waals surface area contributed by atoms with Crippen molar-refractivity contribution in [2.24, 2.45) is 5.92 Å². The number of ketones is 1. The highest BCUT2D eigenvalue weighted by Gasteiger charge is 2.42. The monoisotopic (exact) mass is 565 g/mol. The molecule has 0 spiro atoms. The number of Topliss-reactive ketones (excluding diaryl/α,β-unsaturated/α-hetero) is 1. The van der Waals surface area contributed by atoms with E-state index in [1.54, 1.807) is 18.2 Å². The van der Waals surface area contributed by atoms with E-state index >= 15 is 0 Å². The third kappa shape index (κ3) is 6.45. The van der Waals surface area contributed by atoms with Gasteiger partial charge in [0.25, 0.3) is 11.8 Å². The number of nitrogens with zero attached hydrogens (tertiary/aromatic N) is 4. The first-order valence-corrected chi connectivity index (χ1v) is 12.7. The molecule has 4 N–H and O–H groups in total. The average Bonchev–Trinajstić information content (AvgIpc) is 3.25. The Morgan fingerprint density at radius 2 is 1.82 bits per heavy atom. The van der Waals surface area contributed by atoms with Crippen molar-refractivity contribution >= 4 is 52.7 Å². The van der Waals surface area contributed by atoms with Crippen LogP contribution < -0.4 is 16.0 Å². The Morgan fingerprint density at radius 1 is 1.11 bits per heavy atom. The third-order valence-corrected chi connectivity index (χ3v) is 7.22. The maximum atomic E-state index is 12.9. The summed E-state index contributed by atoms with van der Waals surface area (Å²) in [5, 5.41) is 29.3. The van der Waals surface area contributed by atoms with Crippen LogP contribution >= 0.6 is 23.2 Å². The van der Waals surface area contributed by atoms with Gasteiger partial charge in [-0.2, -0.15) is 4.80 Å². The smallest absolute Gasteiger partial charge is 0.305 e. The molecule has 4 rings (SSSR count). The highest BCUT2D eigenvalue weighted by atomic mass is 35.5. The molecule has 0 radical (unpaired) electrons. The number of aromatic nitrogens is 4. The van der Waals surface area contributed by atoms with Gasteiger partial charge in [-0.15, -0.1) is 10.2 Å². The number of carbonyl (C=O) groups is 5. The summed E-state index contributed by atoms with van der Waals surface area (Å²) >= 11 is 12.3. The molecule has 15 heteroatoms. The number of carboxylic acids is 1. The van der Waals surface area contributed by atoms with Crippen LogP contribution in [0.25, 0.3) is 0 Å². The second-order valence-electron chi connectivity index (χ2n) is 9.19. The molecule has 2 fully saturated rings. The quantitative estimate of drug-likeness (QED) is 0.309. The summed E-state index contributed by atoms with van der Waals surface area (Å²) in [4.78, 5) is 63.5. The molecule has 1 aliphatic heterocycles. The molecule has 1 aromatic carbocycles. The molecule has 0 bridgehead atoms. The third-order valence-electron chi connectivity index (χ3n) is 6.51. The van der Waals surface area contributed by atoms with Crippen molar-refractivity contribution in [1.29, 1.82) is 0 Å². The van der Waals surface area contributed by atoms with E-state index in [0.29, 0.717) is 28.5 Å². The van der Waals surface area contributed by atoms with Crippen LogP contribution in [0.1, 0.15) is 43.5 Å². The van der Waals surface area contributed by atoms with E-state index in [0.717, 1.165) is 17.6 Å². The first-order chi connectivity index (χ1) is 18.1. The predicted molar refractivity (Wildman–Crippen MR) is 132 cm³/mol. The fourth-order valence-corrected chi connectivity index (χ4v) is 5.11. The highest BCUT2D eigenvalue weighted by molar-refractivity contribution is 6.36. The van der Waals surface area contributed by atoms with Crippen molar-refractivity contribution in [3.8, 4) is 0 Å². The van der Waals surface area contributed by atoms with Crippen LogP contribution in [0.5, 0.6) is 0 Å². The van der Waals surface area contributed by atoms with E-state index in [4.69, 9.17) is 23.2 Å². The van der Waals surface area contributed by atoms with Crippen LogP contribution in [0.2, 0.25) is 10.0 Å². The topological polar surface area (TPSA) is 185 Å². The SMILES string of the molecule is O=C(O)CC(NC(=O)C1NC(=O)C2CCCCC2NC1=O)C(=O)Cn1nnc(Cc2c(Cl)cccc2Cl)n1. The van der Waals surface area contributed by atoms with Gasteiger partial charge in [-0.05, 0) is 35.8 Å². The molecule has 4 unspecified atom stereocenters. The van der Waals surface area contributed by atoms with Gasteiger partial charge in [-0.1, -0.05) is 42.1 Å². The molecule has 38 heavy (non-hydrogen) atoms. The van der Waals surface area contributed by atoms with Crippen molar-refractivity contribution in [3.63, 3.8) is 0 Å². The van der Waals surface area contributed by atoms with Gasteiger partial charge in [0.05, 0.1) is 12.3 Å². The summed E-state index contributed by atoms with van der Waals surface area (Å²) in [5.41, 5.74) is 0.571. The van der Waals surface area contributed by atoms with Gasteiger partial charge in [0.15, 0.2) is 17.6 Å². The van der Waals surface area contributed by atoms with E-state index in [1.807, 2.05) is 0 Å². The van der Waals surface area contributed by atoms with Crippen LogP contribution in [0.4, 0.5) is 0 Å². The Labute approximate surface area is 226 Å². The molecule has 1 saturated carbocycles. The number of benzene rings is 1. The highest BCUT2D eigenvalue weighted by Crippen LogP contribution is 2.27. The number of halogens is 2. The number of aliphatic carboxylic acids is 1. The summed E-state index contributed by atoms with van der Waals surface area (Å²) < 4.78 is 0. The van der Waals surface area contributed by atoms with E-state index in [9.17, 15) is 29.1 Å². The zero-order valence-corrected chi connectivity index (χ0v) is 21.5. The molecule has 1 aromatic heterocycles.